The Morgan fingerprint density at radius 2 is 1.67 bits per heavy atom. The molecule has 0 atom stereocenters. The fourth-order valence-electron chi connectivity index (χ4n) is 3.64. The molecule has 0 aliphatic carbocycles. The van der Waals surface area contributed by atoms with Gasteiger partial charge in [0.1, 0.15) is 11.6 Å². The second-order valence-corrected chi connectivity index (χ2v) is 7.00. The van der Waals surface area contributed by atoms with Crippen LogP contribution < -0.4 is 10.1 Å². The summed E-state index contributed by atoms with van der Waals surface area (Å²) in [7, 11) is 1.58. The van der Waals surface area contributed by atoms with Crippen LogP contribution in [0.1, 0.15) is 10.4 Å². The molecule has 0 bridgehead atoms. The Morgan fingerprint density at radius 1 is 0.900 bits per heavy atom. The van der Waals surface area contributed by atoms with Crippen molar-refractivity contribution in [1.82, 2.24) is 9.97 Å². The van der Waals surface area contributed by atoms with E-state index in [0.29, 0.717) is 17.0 Å². The summed E-state index contributed by atoms with van der Waals surface area (Å²) < 4.78 is 5.55. The summed E-state index contributed by atoms with van der Waals surface area (Å²) in [5.74, 6) is 1.16. The zero-order chi connectivity index (χ0) is 20.5. The van der Waals surface area contributed by atoms with E-state index in [9.17, 15) is 4.79 Å². The average Bonchev–Trinajstić information content (AvgIpc) is 3.23. The Labute approximate surface area is 173 Å². The minimum absolute atomic E-state index is 0.214. The van der Waals surface area contributed by atoms with E-state index in [4.69, 9.17) is 4.74 Å². The van der Waals surface area contributed by atoms with Gasteiger partial charge in [0.15, 0.2) is 0 Å². The van der Waals surface area contributed by atoms with Crippen molar-refractivity contribution in [3.05, 3.63) is 90.5 Å². The molecule has 30 heavy (non-hydrogen) atoms. The maximum absolute atomic E-state index is 12.9. The second-order valence-electron chi connectivity index (χ2n) is 7.00. The maximum Gasteiger partial charge on any atom is 0.259 e. The molecule has 1 heterocycles. The molecule has 0 spiro atoms. The van der Waals surface area contributed by atoms with Gasteiger partial charge in [-0.25, -0.2) is 4.98 Å². The molecule has 0 aliphatic heterocycles. The molecule has 2 N–H and O–H groups in total. The molecular weight excluding hydrogens is 374 g/mol. The number of carbonyl (C=O) groups excluding carboxylic acids is 1. The van der Waals surface area contributed by atoms with Crippen LogP contribution in [0.5, 0.6) is 5.75 Å². The smallest absolute Gasteiger partial charge is 0.259 e. The highest BCUT2D eigenvalue weighted by Gasteiger charge is 2.15. The lowest BCUT2D eigenvalue weighted by molar-refractivity contribution is 0.102. The molecule has 5 rings (SSSR count). The fourth-order valence-corrected chi connectivity index (χ4v) is 3.64. The van der Waals surface area contributed by atoms with Crippen LogP contribution >= 0.6 is 0 Å². The third-order valence-corrected chi connectivity index (χ3v) is 5.13. The Morgan fingerprint density at radius 3 is 2.47 bits per heavy atom. The van der Waals surface area contributed by atoms with E-state index >= 15 is 0 Å². The van der Waals surface area contributed by atoms with Crippen molar-refractivity contribution >= 4 is 33.4 Å². The molecule has 0 saturated heterocycles. The molecule has 5 nitrogen and oxygen atoms in total. The number of aromatic nitrogens is 2. The van der Waals surface area contributed by atoms with E-state index in [1.807, 2.05) is 78.9 Å². The van der Waals surface area contributed by atoms with Crippen LogP contribution in [0.4, 0.5) is 5.69 Å². The molecule has 0 unspecified atom stereocenters. The van der Waals surface area contributed by atoms with Gasteiger partial charge in [-0.2, -0.15) is 0 Å². The van der Waals surface area contributed by atoms with Gasteiger partial charge >= 0.3 is 0 Å². The molecule has 0 saturated carbocycles. The molecule has 0 aliphatic rings. The Hall–Kier alpha value is -4.12. The summed E-state index contributed by atoms with van der Waals surface area (Å²) in [6.07, 6.45) is 0. The number of hydrogen-bond donors (Lipinski definition) is 2. The first kappa shape index (κ1) is 17.9. The normalized spacial score (nSPS) is 11.0. The number of anilines is 1. The van der Waals surface area contributed by atoms with Gasteiger partial charge in [-0.05, 0) is 47.9 Å². The number of methoxy groups -OCH3 is 1. The predicted molar refractivity (Wildman–Crippen MR) is 120 cm³/mol. The summed E-state index contributed by atoms with van der Waals surface area (Å²) in [5, 5.41) is 4.89. The van der Waals surface area contributed by atoms with E-state index < -0.39 is 0 Å². The van der Waals surface area contributed by atoms with Crippen molar-refractivity contribution in [1.29, 1.82) is 0 Å². The average molecular weight is 393 g/mol. The number of carbonyl (C=O) groups is 1. The van der Waals surface area contributed by atoms with Gasteiger partial charge in [0.2, 0.25) is 0 Å². The minimum Gasteiger partial charge on any atom is -0.495 e. The number of nitrogens with zero attached hydrogens (tertiary/aromatic N) is 1. The number of H-pyrrole nitrogens is 1. The Balaban J connectivity index is 1.41. The number of hydrogen-bond acceptors (Lipinski definition) is 3. The topological polar surface area (TPSA) is 67.0 Å². The first-order valence-corrected chi connectivity index (χ1v) is 9.65. The molecule has 0 radical (unpaired) electrons. The summed E-state index contributed by atoms with van der Waals surface area (Å²) in [4.78, 5) is 20.8. The zero-order valence-corrected chi connectivity index (χ0v) is 16.3. The molecule has 5 aromatic rings. The number of ether oxygens (including phenoxy) is 1. The molecule has 1 amide bonds. The first-order chi connectivity index (χ1) is 14.7. The van der Waals surface area contributed by atoms with Crippen molar-refractivity contribution < 1.29 is 9.53 Å². The molecule has 1 aromatic heterocycles. The quantitative estimate of drug-likeness (QED) is 0.415. The van der Waals surface area contributed by atoms with Crippen LogP contribution in [0.15, 0.2) is 84.9 Å². The lowest BCUT2D eigenvalue weighted by atomic mass is 10.0. The number of aromatic amines is 1. The van der Waals surface area contributed by atoms with Gasteiger partial charge in [-0.3, -0.25) is 4.79 Å². The summed E-state index contributed by atoms with van der Waals surface area (Å²) in [5.41, 5.74) is 4.07. The third-order valence-electron chi connectivity index (χ3n) is 5.13. The number of rotatable bonds is 4. The summed E-state index contributed by atoms with van der Waals surface area (Å²) >= 11 is 0. The zero-order valence-electron chi connectivity index (χ0n) is 16.3. The van der Waals surface area contributed by atoms with Gasteiger partial charge in [-0.1, -0.05) is 42.5 Å². The van der Waals surface area contributed by atoms with E-state index in [2.05, 4.69) is 15.3 Å². The third kappa shape index (κ3) is 3.16. The number of nitrogens with one attached hydrogen (secondary N) is 2. The van der Waals surface area contributed by atoms with Crippen molar-refractivity contribution in [2.24, 2.45) is 0 Å². The van der Waals surface area contributed by atoms with Crippen LogP contribution in [0.2, 0.25) is 0 Å². The molecule has 146 valence electrons. The first-order valence-electron chi connectivity index (χ1n) is 9.65. The summed E-state index contributed by atoms with van der Waals surface area (Å²) in [6.45, 7) is 0. The lowest BCUT2D eigenvalue weighted by Crippen LogP contribution is -2.13. The number of benzene rings is 4. The van der Waals surface area contributed by atoms with Crippen LogP contribution in [-0.4, -0.2) is 23.0 Å². The van der Waals surface area contributed by atoms with Crippen LogP contribution in [0.25, 0.3) is 33.2 Å². The number of fused-ring (bicyclic) bond motifs is 2. The highest BCUT2D eigenvalue weighted by atomic mass is 16.5. The maximum atomic E-state index is 12.9. The highest BCUT2D eigenvalue weighted by Crippen LogP contribution is 2.30. The van der Waals surface area contributed by atoms with Crippen LogP contribution in [-0.2, 0) is 0 Å². The van der Waals surface area contributed by atoms with Crippen LogP contribution in [0.3, 0.4) is 0 Å². The number of para-hydroxylation sites is 2. The highest BCUT2D eigenvalue weighted by molar-refractivity contribution is 6.10. The number of amides is 1. The van der Waals surface area contributed by atoms with E-state index in [-0.39, 0.29) is 5.91 Å². The molecule has 5 heteroatoms. The molecule has 4 aromatic carbocycles. The standard InChI is InChI=1S/C25H19N3O2/c1-30-23-19-7-3-2-6-16(19)12-15-20(23)25(29)26-18-13-10-17(11-14-18)24-27-21-8-4-5-9-22(21)28-24/h2-15H,1H3,(H,26,29)(H,27,28). The summed E-state index contributed by atoms with van der Waals surface area (Å²) in [6, 6.07) is 27.1. The molecule has 0 fully saturated rings. The van der Waals surface area contributed by atoms with Gasteiger partial charge in [-0.15, -0.1) is 0 Å². The van der Waals surface area contributed by atoms with Gasteiger partial charge in [0, 0.05) is 16.6 Å². The van der Waals surface area contributed by atoms with Gasteiger partial charge in [0.25, 0.3) is 5.91 Å². The van der Waals surface area contributed by atoms with E-state index in [0.717, 1.165) is 33.2 Å². The van der Waals surface area contributed by atoms with Crippen molar-refractivity contribution in [2.75, 3.05) is 12.4 Å². The van der Waals surface area contributed by atoms with E-state index in [1.54, 1.807) is 13.2 Å². The fraction of sp³-hybridized carbons (Fsp3) is 0.0400. The van der Waals surface area contributed by atoms with Gasteiger partial charge < -0.3 is 15.0 Å². The number of imidazole rings is 1. The van der Waals surface area contributed by atoms with Crippen molar-refractivity contribution in [3.8, 4) is 17.1 Å². The Kier molecular flexibility index (Phi) is 4.41. The van der Waals surface area contributed by atoms with Crippen molar-refractivity contribution in [3.63, 3.8) is 0 Å². The lowest BCUT2D eigenvalue weighted by Gasteiger charge is -2.12. The monoisotopic (exact) mass is 393 g/mol. The van der Waals surface area contributed by atoms with Crippen LogP contribution in [0, 0.1) is 0 Å². The second kappa shape index (κ2) is 7.37. The minimum atomic E-state index is -0.214. The predicted octanol–water partition coefficient (Wildman–Crippen LogP) is 5.64. The van der Waals surface area contributed by atoms with E-state index in [1.165, 1.54) is 0 Å². The van der Waals surface area contributed by atoms with Crippen molar-refractivity contribution in [2.45, 2.75) is 0 Å². The molecular formula is C25H19N3O2. The largest absolute Gasteiger partial charge is 0.495 e. The van der Waals surface area contributed by atoms with Gasteiger partial charge in [0.05, 0.1) is 23.7 Å². The SMILES string of the molecule is COc1c(C(=O)Nc2ccc(-c3nc4ccccc4[nH]3)cc2)ccc2ccccc12. The Bertz CT molecular complexity index is 1340.